The smallest absolute Gasteiger partial charge is 0.224 e. The fourth-order valence-electron chi connectivity index (χ4n) is 1.93. The maximum atomic E-state index is 12.7. The van der Waals surface area contributed by atoms with Crippen LogP contribution in [-0.2, 0) is 17.6 Å². The number of amides is 1. The summed E-state index contributed by atoms with van der Waals surface area (Å²) in [5, 5.41) is 2.91. The number of rotatable bonds is 5. The van der Waals surface area contributed by atoms with Crippen LogP contribution >= 0.6 is 0 Å². The van der Waals surface area contributed by atoms with Crippen LogP contribution in [0.3, 0.4) is 0 Å². The number of furan rings is 1. The van der Waals surface area contributed by atoms with Crippen LogP contribution in [-0.4, -0.2) is 11.9 Å². The monoisotopic (exact) mass is 261 g/mol. The first-order chi connectivity index (χ1) is 9.13. The van der Waals surface area contributed by atoms with E-state index in [1.807, 2.05) is 13.0 Å². The topological polar surface area (TPSA) is 42.2 Å². The first-order valence-electron chi connectivity index (χ1n) is 6.18. The zero-order valence-corrected chi connectivity index (χ0v) is 10.7. The van der Waals surface area contributed by atoms with Gasteiger partial charge in [-0.05, 0) is 42.7 Å². The Hall–Kier alpha value is -2.10. The van der Waals surface area contributed by atoms with E-state index >= 15 is 0 Å². The highest BCUT2D eigenvalue weighted by Crippen LogP contribution is 2.06. The minimum atomic E-state index is -0.294. The average Bonchev–Trinajstić information content (AvgIpc) is 2.84. The molecule has 1 N–H and O–H groups in total. The second kappa shape index (κ2) is 6.18. The van der Waals surface area contributed by atoms with Gasteiger partial charge in [0.25, 0.3) is 0 Å². The molecular formula is C15H16FNO2. The highest BCUT2D eigenvalue weighted by Gasteiger charge is 2.09. The minimum Gasteiger partial charge on any atom is -0.472 e. The molecule has 0 aliphatic rings. The van der Waals surface area contributed by atoms with Gasteiger partial charge in [-0.3, -0.25) is 4.79 Å². The third kappa shape index (κ3) is 4.25. The largest absolute Gasteiger partial charge is 0.472 e. The first-order valence-corrected chi connectivity index (χ1v) is 6.18. The summed E-state index contributed by atoms with van der Waals surface area (Å²) in [7, 11) is 0. The highest BCUT2D eigenvalue weighted by atomic mass is 19.1. The van der Waals surface area contributed by atoms with Crippen LogP contribution in [0.1, 0.15) is 18.1 Å². The molecule has 0 spiro atoms. The van der Waals surface area contributed by atoms with Crippen molar-refractivity contribution < 1.29 is 13.6 Å². The maximum Gasteiger partial charge on any atom is 0.224 e. The van der Waals surface area contributed by atoms with E-state index in [0.717, 1.165) is 17.5 Å². The van der Waals surface area contributed by atoms with Gasteiger partial charge >= 0.3 is 0 Å². The number of nitrogens with one attached hydrogen (secondary N) is 1. The van der Waals surface area contributed by atoms with Crippen LogP contribution in [0.25, 0.3) is 0 Å². The number of hydrogen-bond donors (Lipinski definition) is 1. The SMILES string of the molecule is C[C@H](Cc1ccoc1)NC(=O)Cc1ccc(F)cc1. The second-order valence-corrected chi connectivity index (χ2v) is 4.61. The lowest BCUT2D eigenvalue weighted by molar-refractivity contribution is -0.121. The van der Waals surface area contributed by atoms with E-state index in [0.29, 0.717) is 0 Å². The fraction of sp³-hybridized carbons (Fsp3) is 0.267. The van der Waals surface area contributed by atoms with Crippen LogP contribution < -0.4 is 5.32 Å². The summed E-state index contributed by atoms with van der Waals surface area (Å²) in [6.07, 6.45) is 4.27. The summed E-state index contributed by atoms with van der Waals surface area (Å²) in [6.45, 7) is 1.94. The van der Waals surface area contributed by atoms with Crippen molar-refractivity contribution >= 4 is 5.91 Å². The Morgan fingerprint density at radius 3 is 2.63 bits per heavy atom. The van der Waals surface area contributed by atoms with Gasteiger partial charge in [-0.1, -0.05) is 12.1 Å². The lowest BCUT2D eigenvalue weighted by atomic mass is 10.1. The van der Waals surface area contributed by atoms with Gasteiger partial charge in [0.1, 0.15) is 5.82 Å². The van der Waals surface area contributed by atoms with Crippen molar-refractivity contribution in [2.24, 2.45) is 0 Å². The minimum absolute atomic E-state index is 0.0329. The van der Waals surface area contributed by atoms with Crippen LogP contribution in [0, 0.1) is 5.82 Å². The zero-order chi connectivity index (χ0) is 13.7. The summed E-state index contributed by atoms with van der Waals surface area (Å²) in [5.41, 5.74) is 1.85. The molecule has 0 radical (unpaired) electrons. The summed E-state index contributed by atoms with van der Waals surface area (Å²) >= 11 is 0. The Balaban J connectivity index is 1.82. The van der Waals surface area contributed by atoms with Crippen molar-refractivity contribution in [2.45, 2.75) is 25.8 Å². The molecule has 3 nitrogen and oxygen atoms in total. The van der Waals surface area contributed by atoms with Crippen molar-refractivity contribution in [3.8, 4) is 0 Å². The van der Waals surface area contributed by atoms with Gasteiger partial charge in [0, 0.05) is 6.04 Å². The van der Waals surface area contributed by atoms with E-state index in [1.165, 1.54) is 12.1 Å². The molecule has 1 aromatic carbocycles. The van der Waals surface area contributed by atoms with Crippen LogP contribution in [0.15, 0.2) is 47.3 Å². The van der Waals surface area contributed by atoms with E-state index in [2.05, 4.69) is 5.32 Å². The number of carbonyl (C=O) groups excluding carboxylic acids is 1. The molecule has 0 bridgehead atoms. The molecule has 1 atom stereocenters. The molecule has 2 rings (SSSR count). The van der Waals surface area contributed by atoms with Crippen LogP contribution in [0.4, 0.5) is 4.39 Å². The van der Waals surface area contributed by atoms with Crippen LogP contribution in [0.5, 0.6) is 0 Å². The van der Waals surface area contributed by atoms with E-state index in [1.54, 1.807) is 24.7 Å². The molecule has 0 fully saturated rings. The fourth-order valence-corrected chi connectivity index (χ4v) is 1.93. The normalized spacial score (nSPS) is 12.1. The molecule has 0 unspecified atom stereocenters. The van der Waals surface area contributed by atoms with Crippen molar-refractivity contribution in [1.29, 1.82) is 0 Å². The molecular weight excluding hydrogens is 245 g/mol. The molecule has 0 aliphatic carbocycles. The summed E-state index contributed by atoms with van der Waals surface area (Å²) in [4.78, 5) is 11.8. The third-order valence-electron chi connectivity index (χ3n) is 2.81. The molecule has 4 heteroatoms. The van der Waals surface area contributed by atoms with Crippen LogP contribution in [0.2, 0.25) is 0 Å². The van der Waals surface area contributed by atoms with Crippen molar-refractivity contribution in [3.63, 3.8) is 0 Å². The van der Waals surface area contributed by atoms with Crippen molar-refractivity contribution in [1.82, 2.24) is 5.32 Å². The second-order valence-electron chi connectivity index (χ2n) is 4.61. The maximum absolute atomic E-state index is 12.7. The molecule has 100 valence electrons. The molecule has 0 aliphatic heterocycles. The predicted molar refractivity (Wildman–Crippen MR) is 70.1 cm³/mol. The molecule has 19 heavy (non-hydrogen) atoms. The summed E-state index contributed by atoms with van der Waals surface area (Å²) < 4.78 is 17.7. The Kier molecular flexibility index (Phi) is 4.34. The Bertz CT molecular complexity index is 520. The summed E-state index contributed by atoms with van der Waals surface area (Å²) in [5.74, 6) is -0.361. The number of halogens is 1. The number of hydrogen-bond acceptors (Lipinski definition) is 2. The lowest BCUT2D eigenvalue weighted by Gasteiger charge is -2.12. The number of carbonyl (C=O) groups is 1. The van der Waals surface area contributed by atoms with Gasteiger partial charge < -0.3 is 9.73 Å². The van der Waals surface area contributed by atoms with Gasteiger partial charge in [-0.25, -0.2) is 4.39 Å². The standard InChI is InChI=1S/C15H16FNO2/c1-11(8-13-6-7-19-10-13)17-15(18)9-12-2-4-14(16)5-3-12/h2-7,10-11H,8-9H2,1H3,(H,17,18)/t11-/m1/s1. The van der Waals surface area contributed by atoms with E-state index in [9.17, 15) is 9.18 Å². The van der Waals surface area contributed by atoms with Gasteiger partial charge in [-0.15, -0.1) is 0 Å². The molecule has 1 amide bonds. The van der Waals surface area contributed by atoms with E-state index in [4.69, 9.17) is 4.42 Å². The lowest BCUT2D eigenvalue weighted by Crippen LogP contribution is -2.35. The van der Waals surface area contributed by atoms with Gasteiger partial charge in [-0.2, -0.15) is 0 Å². The Morgan fingerprint density at radius 1 is 1.26 bits per heavy atom. The van der Waals surface area contributed by atoms with Gasteiger partial charge in [0.15, 0.2) is 0 Å². The average molecular weight is 261 g/mol. The first kappa shape index (κ1) is 13.3. The molecule has 1 heterocycles. The third-order valence-corrected chi connectivity index (χ3v) is 2.81. The van der Waals surface area contributed by atoms with Gasteiger partial charge in [0.05, 0.1) is 18.9 Å². The molecule has 0 saturated carbocycles. The van der Waals surface area contributed by atoms with Crippen molar-refractivity contribution in [2.75, 3.05) is 0 Å². The van der Waals surface area contributed by atoms with Gasteiger partial charge in [0.2, 0.25) is 5.91 Å². The molecule has 0 saturated heterocycles. The summed E-state index contributed by atoms with van der Waals surface area (Å²) in [6, 6.07) is 7.87. The zero-order valence-electron chi connectivity index (χ0n) is 10.7. The molecule has 2 aromatic rings. The quantitative estimate of drug-likeness (QED) is 0.899. The number of benzene rings is 1. The van der Waals surface area contributed by atoms with E-state index in [-0.39, 0.29) is 24.2 Å². The molecule has 1 aromatic heterocycles. The van der Waals surface area contributed by atoms with E-state index < -0.39 is 0 Å². The predicted octanol–water partition coefficient (Wildman–Crippen LogP) is 2.71. The Labute approximate surface area is 111 Å². The Morgan fingerprint density at radius 2 is 2.00 bits per heavy atom. The van der Waals surface area contributed by atoms with Crippen molar-refractivity contribution in [3.05, 3.63) is 59.8 Å². The highest BCUT2D eigenvalue weighted by molar-refractivity contribution is 5.78.